The molecular formula is C60H40. The summed E-state index contributed by atoms with van der Waals surface area (Å²) in [7, 11) is 0. The van der Waals surface area contributed by atoms with Crippen molar-refractivity contribution in [1.82, 2.24) is 0 Å². The van der Waals surface area contributed by atoms with Gasteiger partial charge in [0.2, 0.25) is 0 Å². The molecule has 0 amide bonds. The Morgan fingerprint density at radius 3 is 0.983 bits per heavy atom. The predicted molar refractivity (Wildman–Crippen MR) is 257 cm³/mol. The molecule has 11 rings (SSSR count). The van der Waals surface area contributed by atoms with Crippen LogP contribution >= 0.6 is 0 Å². The first-order chi connectivity index (χ1) is 29.8. The molecule has 60 heavy (non-hydrogen) atoms. The molecule has 0 nitrogen and oxygen atoms in total. The maximum absolute atomic E-state index is 2.45. The lowest BCUT2D eigenvalue weighted by molar-refractivity contribution is 1.57. The fourth-order valence-corrected chi connectivity index (χ4v) is 9.18. The molecule has 0 N–H and O–H groups in total. The van der Waals surface area contributed by atoms with Gasteiger partial charge in [-0.2, -0.15) is 0 Å². The summed E-state index contributed by atoms with van der Waals surface area (Å²) in [4.78, 5) is 0. The summed E-state index contributed by atoms with van der Waals surface area (Å²) >= 11 is 0. The van der Waals surface area contributed by atoms with Crippen molar-refractivity contribution in [3.63, 3.8) is 0 Å². The fraction of sp³-hybridized carbons (Fsp3) is 0. The van der Waals surface area contributed by atoms with E-state index in [2.05, 4.69) is 243 Å². The van der Waals surface area contributed by atoms with Crippen molar-refractivity contribution in [3.05, 3.63) is 243 Å². The van der Waals surface area contributed by atoms with Gasteiger partial charge in [-0.25, -0.2) is 0 Å². The second-order valence-corrected chi connectivity index (χ2v) is 15.6. The zero-order valence-electron chi connectivity index (χ0n) is 33.1. The van der Waals surface area contributed by atoms with Crippen LogP contribution in [0.25, 0.3) is 110 Å². The molecule has 11 aromatic rings. The lowest BCUT2D eigenvalue weighted by Crippen LogP contribution is -1.94. The van der Waals surface area contributed by atoms with Gasteiger partial charge in [-0.05, 0) is 141 Å². The Kier molecular flexibility index (Phi) is 8.95. The van der Waals surface area contributed by atoms with Gasteiger partial charge >= 0.3 is 0 Å². The van der Waals surface area contributed by atoms with Crippen molar-refractivity contribution in [2.45, 2.75) is 0 Å². The Morgan fingerprint density at radius 2 is 0.500 bits per heavy atom. The number of rotatable bonds is 7. The number of fused-ring (bicyclic) bond motifs is 4. The molecule has 0 heterocycles. The standard InChI is InChI=1S/C60H40/c1-6-18-41(19-7-1)51-33-30-48(38-54(51)42-20-8-2-9-21-42)49-31-34-52-53-35-32-50(56-37-47-29-17-16-28-46(47)36-55(56)43-22-10-3-11-23-43)40-58(53)60(45-26-14-5-15-27-45)59(57(52)39-49)44-24-12-4-13-25-44/h1-40H. The molecular weight excluding hydrogens is 721 g/mol. The van der Waals surface area contributed by atoms with Gasteiger partial charge < -0.3 is 0 Å². The Hall–Kier alpha value is -7.80. The van der Waals surface area contributed by atoms with Crippen molar-refractivity contribution in [2.75, 3.05) is 0 Å². The minimum atomic E-state index is 1.19. The van der Waals surface area contributed by atoms with Crippen molar-refractivity contribution in [2.24, 2.45) is 0 Å². The van der Waals surface area contributed by atoms with E-state index in [0.29, 0.717) is 0 Å². The maximum Gasteiger partial charge on any atom is -0.00201 e. The van der Waals surface area contributed by atoms with Gasteiger partial charge in [0, 0.05) is 0 Å². The van der Waals surface area contributed by atoms with Crippen LogP contribution in [0.2, 0.25) is 0 Å². The van der Waals surface area contributed by atoms with Crippen LogP contribution in [0.15, 0.2) is 243 Å². The summed E-state index contributed by atoms with van der Waals surface area (Å²) in [6.45, 7) is 0. The minimum Gasteiger partial charge on any atom is -0.0622 e. The lowest BCUT2D eigenvalue weighted by Gasteiger charge is -2.21. The van der Waals surface area contributed by atoms with Crippen LogP contribution in [-0.4, -0.2) is 0 Å². The molecule has 0 unspecified atom stereocenters. The highest BCUT2D eigenvalue weighted by Gasteiger charge is 2.20. The minimum absolute atomic E-state index is 1.19. The summed E-state index contributed by atoms with van der Waals surface area (Å²) in [5.41, 5.74) is 17.0. The van der Waals surface area contributed by atoms with Crippen LogP contribution in [0.5, 0.6) is 0 Å². The number of benzene rings is 11. The van der Waals surface area contributed by atoms with E-state index in [-0.39, 0.29) is 0 Å². The van der Waals surface area contributed by atoms with Crippen LogP contribution < -0.4 is 0 Å². The van der Waals surface area contributed by atoms with Crippen molar-refractivity contribution < 1.29 is 0 Å². The molecule has 11 aromatic carbocycles. The molecule has 0 spiro atoms. The first-order valence-electron chi connectivity index (χ1n) is 20.7. The van der Waals surface area contributed by atoms with Crippen LogP contribution in [0.3, 0.4) is 0 Å². The third-order valence-corrected chi connectivity index (χ3v) is 12.0. The summed E-state index contributed by atoms with van der Waals surface area (Å²) < 4.78 is 0. The molecule has 0 aliphatic heterocycles. The first kappa shape index (κ1) is 35.4. The van der Waals surface area contributed by atoms with Crippen LogP contribution in [0.1, 0.15) is 0 Å². The predicted octanol–water partition coefficient (Wildman–Crippen LogP) is 16.8. The zero-order valence-corrected chi connectivity index (χ0v) is 33.1. The molecule has 0 fully saturated rings. The van der Waals surface area contributed by atoms with Crippen LogP contribution in [0, 0.1) is 0 Å². The molecule has 0 saturated carbocycles. The number of hydrogen-bond donors (Lipinski definition) is 0. The Bertz CT molecular complexity index is 3310. The second-order valence-electron chi connectivity index (χ2n) is 15.6. The average Bonchev–Trinajstić information content (AvgIpc) is 3.34. The summed E-state index contributed by atoms with van der Waals surface area (Å²) in [6, 6.07) is 88.9. The van der Waals surface area contributed by atoms with Gasteiger partial charge in [0.25, 0.3) is 0 Å². The Balaban J connectivity index is 1.19. The van der Waals surface area contributed by atoms with Gasteiger partial charge in [0.05, 0.1) is 0 Å². The van der Waals surface area contributed by atoms with E-state index in [0.717, 1.165) is 0 Å². The van der Waals surface area contributed by atoms with Gasteiger partial charge in [-0.3, -0.25) is 0 Å². The molecule has 0 atom stereocenters. The van der Waals surface area contributed by atoms with E-state index in [1.54, 1.807) is 0 Å². The molecule has 280 valence electrons. The molecule has 0 aliphatic carbocycles. The molecule has 0 aliphatic rings. The Labute approximate surface area is 351 Å². The third kappa shape index (κ3) is 6.36. The van der Waals surface area contributed by atoms with Gasteiger partial charge in [-0.15, -0.1) is 0 Å². The SMILES string of the molecule is c1ccc(-c2ccc(-c3ccc4c(c3)c(-c3ccccc3)c(-c3ccccc3)c3cc(-c5cc6ccccc6cc5-c5ccccc5)ccc34)cc2-c2ccccc2)cc1. The molecule has 0 bridgehead atoms. The van der Waals surface area contributed by atoms with E-state index in [1.165, 1.54) is 110 Å². The smallest absolute Gasteiger partial charge is 0.00201 e. The lowest BCUT2D eigenvalue weighted by atomic mass is 9.82. The monoisotopic (exact) mass is 760 g/mol. The molecule has 0 heteroatoms. The Morgan fingerprint density at radius 1 is 0.167 bits per heavy atom. The summed E-state index contributed by atoms with van der Waals surface area (Å²) in [5.74, 6) is 0. The molecule has 0 saturated heterocycles. The third-order valence-electron chi connectivity index (χ3n) is 12.0. The highest BCUT2D eigenvalue weighted by Crippen LogP contribution is 2.48. The molecule has 0 radical (unpaired) electrons. The quantitative estimate of drug-likeness (QED) is 0.142. The van der Waals surface area contributed by atoms with E-state index in [9.17, 15) is 0 Å². The van der Waals surface area contributed by atoms with Crippen molar-refractivity contribution >= 4 is 32.3 Å². The normalized spacial score (nSPS) is 11.3. The highest BCUT2D eigenvalue weighted by atomic mass is 14.2. The van der Waals surface area contributed by atoms with Gasteiger partial charge in [-0.1, -0.05) is 212 Å². The average molecular weight is 761 g/mol. The van der Waals surface area contributed by atoms with Gasteiger partial charge in [0.15, 0.2) is 0 Å². The maximum atomic E-state index is 2.45. The van der Waals surface area contributed by atoms with E-state index in [4.69, 9.17) is 0 Å². The largest absolute Gasteiger partial charge is 0.0622 e. The topological polar surface area (TPSA) is 0 Å². The fourth-order valence-electron chi connectivity index (χ4n) is 9.18. The van der Waals surface area contributed by atoms with E-state index >= 15 is 0 Å². The zero-order chi connectivity index (χ0) is 39.8. The molecule has 0 aromatic heterocycles. The van der Waals surface area contributed by atoms with Crippen molar-refractivity contribution in [3.8, 4) is 77.9 Å². The van der Waals surface area contributed by atoms with Crippen LogP contribution in [-0.2, 0) is 0 Å². The van der Waals surface area contributed by atoms with E-state index in [1.807, 2.05) is 0 Å². The van der Waals surface area contributed by atoms with Crippen molar-refractivity contribution in [1.29, 1.82) is 0 Å². The highest BCUT2D eigenvalue weighted by molar-refractivity contribution is 6.23. The number of hydrogen-bond acceptors (Lipinski definition) is 0. The van der Waals surface area contributed by atoms with Gasteiger partial charge in [0.1, 0.15) is 0 Å². The summed E-state index contributed by atoms with van der Waals surface area (Å²) in [6.07, 6.45) is 0. The second kappa shape index (κ2) is 15.2. The van der Waals surface area contributed by atoms with E-state index < -0.39 is 0 Å². The summed E-state index contributed by atoms with van der Waals surface area (Å²) in [5, 5.41) is 7.43. The van der Waals surface area contributed by atoms with Crippen LogP contribution in [0.4, 0.5) is 0 Å². The first-order valence-corrected chi connectivity index (χ1v) is 20.7.